The molecule has 2 N–H and O–H groups in total. The zero-order valence-corrected chi connectivity index (χ0v) is 7.62. The van der Waals surface area contributed by atoms with Gasteiger partial charge in [-0.15, -0.1) is 12.4 Å². The van der Waals surface area contributed by atoms with Crippen molar-refractivity contribution < 1.29 is 9.18 Å². The van der Waals surface area contributed by atoms with Crippen molar-refractivity contribution in [1.82, 2.24) is 10.6 Å². The molecule has 0 aromatic rings. The normalized spacial score (nSPS) is 18.1. The van der Waals surface area contributed by atoms with E-state index in [0.717, 1.165) is 25.9 Å². The average molecular weight is 197 g/mol. The lowest BCUT2D eigenvalue weighted by Gasteiger charge is -2.22. The van der Waals surface area contributed by atoms with Gasteiger partial charge < -0.3 is 10.6 Å². The molecule has 0 bridgehead atoms. The van der Waals surface area contributed by atoms with E-state index in [2.05, 4.69) is 10.6 Å². The molecule has 0 unspecified atom stereocenters. The van der Waals surface area contributed by atoms with Crippen molar-refractivity contribution in [2.24, 2.45) is 0 Å². The Labute approximate surface area is 77.5 Å². The number of hydrogen-bond donors (Lipinski definition) is 2. The molecule has 1 aliphatic heterocycles. The lowest BCUT2D eigenvalue weighted by Crippen LogP contribution is -2.43. The minimum absolute atomic E-state index is 0. The maximum absolute atomic E-state index is 11.7. The molecule has 1 amide bonds. The van der Waals surface area contributed by atoms with Gasteiger partial charge >= 0.3 is 0 Å². The van der Waals surface area contributed by atoms with Gasteiger partial charge in [0.1, 0.15) is 0 Å². The SMILES string of the molecule is Cl.O=C(CF)NC1CCNCC1. The van der Waals surface area contributed by atoms with E-state index in [1.54, 1.807) is 0 Å². The molecule has 0 atom stereocenters. The maximum Gasteiger partial charge on any atom is 0.251 e. The number of carbonyl (C=O) groups is 1. The zero-order chi connectivity index (χ0) is 8.10. The summed E-state index contributed by atoms with van der Waals surface area (Å²) in [7, 11) is 0. The molecule has 1 saturated heterocycles. The van der Waals surface area contributed by atoms with Gasteiger partial charge in [0.15, 0.2) is 6.67 Å². The van der Waals surface area contributed by atoms with Crippen LogP contribution in [0.2, 0.25) is 0 Å². The first-order valence-corrected chi connectivity index (χ1v) is 3.89. The summed E-state index contributed by atoms with van der Waals surface area (Å²) in [4.78, 5) is 10.6. The third-order valence-corrected chi connectivity index (χ3v) is 1.83. The summed E-state index contributed by atoms with van der Waals surface area (Å²) in [5.41, 5.74) is 0. The van der Waals surface area contributed by atoms with Crippen LogP contribution in [0, 0.1) is 0 Å². The summed E-state index contributed by atoms with van der Waals surface area (Å²) in [6.07, 6.45) is 1.82. The van der Waals surface area contributed by atoms with Crippen LogP contribution in [-0.4, -0.2) is 31.7 Å². The quantitative estimate of drug-likeness (QED) is 0.665. The van der Waals surface area contributed by atoms with Crippen LogP contribution < -0.4 is 10.6 Å². The molecule has 5 heteroatoms. The highest BCUT2D eigenvalue weighted by Crippen LogP contribution is 2.01. The Bertz CT molecular complexity index is 139. The highest BCUT2D eigenvalue weighted by molar-refractivity contribution is 5.85. The Morgan fingerprint density at radius 2 is 2.08 bits per heavy atom. The third-order valence-electron chi connectivity index (χ3n) is 1.83. The van der Waals surface area contributed by atoms with Gasteiger partial charge in [0.05, 0.1) is 0 Å². The minimum atomic E-state index is -0.899. The number of carbonyl (C=O) groups excluding carboxylic acids is 1. The van der Waals surface area contributed by atoms with Gasteiger partial charge in [-0.3, -0.25) is 4.79 Å². The molecule has 1 aliphatic rings. The second kappa shape index (κ2) is 6.20. The van der Waals surface area contributed by atoms with Crippen LogP contribution in [0.1, 0.15) is 12.8 Å². The molecular weight excluding hydrogens is 183 g/mol. The van der Waals surface area contributed by atoms with E-state index in [9.17, 15) is 9.18 Å². The maximum atomic E-state index is 11.7. The van der Waals surface area contributed by atoms with E-state index in [0.29, 0.717) is 0 Å². The lowest BCUT2D eigenvalue weighted by molar-refractivity contribution is -0.122. The van der Waals surface area contributed by atoms with Crippen molar-refractivity contribution in [2.75, 3.05) is 19.8 Å². The largest absolute Gasteiger partial charge is 0.351 e. The Morgan fingerprint density at radius 3 is 2.58 bits per heavy atom. The molecule has 0 aromatic carbocycles. The van der Waals surface area contributed by atoms with Gasteiger partial charge in [-0.2, -0.15) is 0 Å². The third kappa shape index (κ3) is 3.88. The molecule has 0 radical (unpaired) electrons. The van der Waals surface area contributed by atoms with Crippen LogP contribution in [-0.2, 0) is 4.79 Å². The van der Waals surface area contributed by atoms with Gasteiger partial charge in [-0.05, 0) is 25.9 Å². The number of halogens is 2. The summed E-state index contributed by atoms with van der Waals surface area (Å²) in [6, 6.07) is 0.180. The fourth-order valence-electron chi connectivity index (χ4n) is 1.23. The van der Waals surface area contributed by atoms with Crippen LogP contribution >= 0.6 is 12.4 Å². The molecule has 0 aliphatic carbocycles. The predicted molar refractivity (Wildman–Crippen MR) is 47.3 cm³/mol. The Hall–Kier alpha value is -0.350. The number of rotatable bonds is 2. The summed E-state index contributed by atoms with van der Waals surface area (Å²) in [5, 5.41) is 5.78. The monoisotopic (exact) mass is 196 g/mol. The Balaban J connectivity index is 0.00000121. The van der Waals surface area contributed by atoms with Crippen LogP contribution in [0.5, 0.6) is 0 Å². The van der Waals surface area contributed by atoms with Crippen LogP contribution in [0.25, 0.3) is 0 Å². The van der Waals surface area contributed by atoms with Crippen molar-refractivity contribution >= 4 is 18.3 Å². The van der Waals surface area contributed by atoms with Gasteiger partial charge in [0.2, 0.25) is 0 Å². The van der Waals surface area contributed by atoms with Crippen molar-refractivity contribution in [3.63, 3.8) is 0 Å². The second-order valence-corrected chi connectivity index (χ2v) is 2.73. The molecule has 1 fully saturated rings. The molecule has 1 heterocycles. The van der Waals surface area contributed by atoms with Gasteiger partial charge in [-0.25, -0.2) is 4.39 Å². The van der Waals surface area contributed by atoms with Gasteiger partial charge in [0.25, 0.3) is 5.91 Å². The second-order valence-electron chi connectivity index (χ2n) is 2.73. The first kappa shape index (κ1) is 11.6. The van der Waals surface area contributed by atoms with E-state index >= 15 is 0 Å². The highest BCUT2D eigenvalue weighted by Gasteiger charge is 2.14. The fourth-order valence-corrected chi connectivity index (χ4v) is 1.23. The molecule has 0 saturated carbocycles. The van der Waals surface area contributed by atoms with E-state index in [1.807, 2.05) is 0 Å². The van der Waals surface area contributed by atoms with Crippen molar-refractivity contribution in [3.8, 4) is 0 Å². The Kier molecular flexibility index (Phi) is 6.02. The summed E-state index contributed by atoms with van der Waals surface area (Å²) >= 11 is 0. The Morgan fingerprint density at radius 1 is 1.50 bits per heavy atom. The molecule has 3 nitrogen and oxygen atoms in total. The van der Waals surface area contributed by atoms with Gasteiger partial charge in [-0.1, -0.05) is 0 Å². The average Bonchev–Trinajstić information content (AvgIpc) is 2.06. The number of nitrogens with one attached hydrogen (secondary N) is 2. The van der Waals surface area contributed by atoms with Crippen molar-refractivity contribution in [1.29, 1.82) is 0 Å². The standard InChI is InChI=1S/C7H13FN2O.ClH/c8-5-7(11)10-6-1-3-9-4-2-6;/h6,9H,1-5H2,(H,10,11);1H. The lowest BCUT2D eigenvalue weighted by atomic mass is 10.1. The molecule has 0 spiro atoms. The van der Waals surface area contributed by atoms with Crippen molar-refractivity contribution in [2.45, 2.75) is 18.9 Å². The van der Waals surface area contributed by atoms with E-state index in [4.69, 9.17) is 0 Å². The molecule has 1 rings (SSSR count). The first-order valence-electron chi connectivity index (χ1n) is 3.89. The van der Waals surface area contributed by atoms with Crippen LogP contribution in [0.15, 0.2) is 0 Å². The molecule has 72 valence electrons. The number of amides is 1. The summed E-state index contributed by atoms with van der Waals surface area (Å²) in [6.45, 7) is 0.929. The molecule has 0 aromatic heterocycles. The van der Waals surface area contributed by atoms with Crippen LogP contribution in [0.4, 0.5) is 4.39 Å². The molecular formula is C7H14ClFN2O. The van der Waals surface area contributed by atoms with E-state index < -0.39 is 12.6 Å². The summed E-state index contributed by atoms with van der Waals surface area (Å²) < 4.78 is 11.7. The highest BCUT2D eigenvalue weighted by atomic mass is 35.5. The van der Waals surface area contributed by atoms with E-state index in [1.165, 1.54) is 0 Å². The fraction of sp³-hybridized carbons (Fsp3) is 0.857. The zero-order valence-electron chi connectivity index (χ0n) is 6.81. The summed E-state index contributed by atoms with van der Waals surface area (Å²) in [5.74, 6) is -0.489. The number of alkyl halides is 1. The predicted octanol–water partition coefficient (Wildman–Crippen LogP) is 0.246. The first-order chi connectivity index (χ1) is 5.33. The topological polar surface area (TPSA) is 41.1 Å². The van der Waals surface area contributed by atoms with Crippen molar-refractivity contribution in [3.05, 3.63) is 0 Å². The number of piperidine rings is 1. The minimum Gasteiger partial charge on any atom is -0.351 e. The number of hydrogen-bond acceptors (Lipinski definition) is 2. The van der Waals surface area contributed by atoms with E-state index in [-0.39, 0.29) is 18.4 Å². The smallest absolute Gasteiger partial charge is 0.251 e. The van der Waals surface area contributed by atoms with Crippen LogP contribution in [0.3, 0.4) is 0 Å². The molecule has 12 heavy (non-hydrogen) atoms. The van der Waals surface area contributed by atoms with Gasteiger partial charge in [0, 0.05) is 6.04 Å².